The van der Waals surface area contributed by atoms with Gasteiger partial charge >= 0.3 is 5.97 Å². The number of hydrogen-bond donors (Lipinski definition) is 5. The largest absolute Gasteiger partial charge is 0.479 e. The van der Waals surface area contributed by atoms with Crippen molar-refractivity contribution in [3.63, 3.8) is 0 Å². The van der Waals surface area contributed by atoms with Gasteiger partial charge in [-0.25, -0.2) is 4.79 Å². The molecule has 5 atom stereocenters. The molecule has 0 bridgehead atoms. The minimum Gasteiger partial charge on any atom is -0.479 e. The molecule has 0 saturated carbocycles. The van der Waals surface area contributed by atoms with Crippen LogP contribution in [0.3, 0.4) is 0 Å². The van der Waals surface area contributed by atoms with Crippen LogP contribution in [0.1, 0.15) is 0 Å². The molecule has 1 fully saturated rings. The molecule has 13 heavy (non-hydrogen) atoms. The Morgan fingerprint density at radius 3 is 2.00 bits per heavy atom. The first-order valence-electron chi connectivity index (χ1n) is 3.55. The predicted octanol–water partition coefficient (Wildman–Crippen LogP) is -3.13. The van der Waals surface area contributed by atoms with Crippen molar-refractivity contribution < 1.29 is 35.1 Å². The van der Waals surface area contributed by atoms with Gasteiger partial charge in [0.2, 0.25) is 0 Å². The lowest BCUT2D eigenvalue weighted by Crippen LogP contribution is -2.59. The van der Waals surface area contributed by atoms with Crippen molar-refractivity contribution in [3.05, 3.63) is 0 Å². The van der Waals surface area contributed by atoms with Crippen molar-refractivity contribution in [2.24, 2.45) is 0 Å². The summed E-state index contributed by atoms with van der Waals surface area (Å²) in [6, 6.07) is 0. The van der Waals surface area contributed by atoms with Crippen molar-refractivity contribution in [1.82, 2.24) is 0 Å². The fourth-order valence-electron chi connectivity index (χ4n) is 1.07. The Morgan fingerprint density at radius 1 is 1.00 bits per heavy atom. The molecule has 0 aliphatic carbocycles. The van der Waals surface area contributed by atoms with E-state index in [4.69, 9.17) is 25.5 Å². The topological polar surface area (TPSA) is 127 Å². The standard InChI is InChI=1S/C6H10O7/c7-1-2(8)4(5(10)11)13-6(12)3(1)9/h1-4,6-9,12H,(H,10,11)/t1-,2-,3?,4?,6?/m0/s1. The Balaban J connectivity index is 2.76. The first-order chi connectivity index (χ1) is 5.95. The number of carboxylic acids is 1. The second kappa shape index (κ2) is 3.56. The number of hydrogen-bond acceptors (Lipinski definition) is 6. The smallest absolute Gasteiger partial charge is 0.335 e. The van der Waals surface area contributed by atoms with E-state index in [1.165, 1.54) is 0 Å². The van der Waals surface area contributed by atoms with Crippen molar-refractivity contribution in [2.75, 3.05) is 0 Å². The fourth-order valence-corrected chi connectivity index (χ4v) is 1.07. The maximum atomic E-state index is 10.4. The van der Waals surface area contributed by atoms with Crippen LogP contribution in [0.2, 0.25) is 0 Å². The van der Waals surface area contributed by atoms with E-state index in [9.17, 15) is 4.79 Å². The minimum absolute atomic E-state index is 1.52. The van der Waals surface area contributed by atoms with Crippen molar-refractivity contribution in [2.45, 2.75) is 30.7 Å². The highest BCUT2D eigenvalue weighted by Crippen LogP contribution is 2.19. The third-order valence-electron chi connectivity index (χ3n) is 1.83. The third-order valence-corrected chi connectivity index (χ3v) is 1.83. The van der Waals surface area contributed by atoms with Crippen LogP contribution in [0.15, 0.2) is 0 Å². The lowest BCUT2D eigenvalue weighted by atomic mass is 9.99. The van der Waals surface area contributed by atoms with Gasteiger partial charge in [-0.1, -0.05) is 0 Å². The Labute approximate surface area is 72.8 Å². The number of ether oxygens (including phenoxy) is 1. The minimum atomic E-state index is -1.81. The van der Waals surface area contributed by atoms with Crippen molar-refractivity contribution in [1.29, 1.82) is 0 Å². The molecule has 0 aromatic rings. The van der Waals surface area contributed by atoms with Gasteiger partial charge in [0.05, 0.1) is 0 Å². The highest BCUT2D eigenvalue weighted by molar-refractivity contribution is 5.73. The zero-order valence-electron chi connectivity index (χ0n) is 6.44. The number of rotatable bonds is 1. The van der Waals surface area contributed by atoms with Crippen LogP contribution >= 0.6 is 0 Å². The molecule has 1 aliphatic heterocycles. The highest BCUT2D eigenvalue weighted by atomic mass is 16.6. The molecule has 0 aromatic carbocycles. The van der Waals surface area contributed by atoms with Gasteiger partial charge in [-0.2, -0.15) is 0 Å². The Kier molecular flexibility index (Phi) is 2.84. The summed E-state index contributed by atoms with van der Waals surface area (Å²) in [5, 5.41) is 44.4. The number of carboxylic acid groups (broad SMARTS) is 1. The number of aliphatic hydroxyl groups excluding tert-OH is 4. The summed E-state index contributed by atoms with van der Waals surface area (Å²) in [4.78, 5) is 10.4. The molecule has 7 nitrogen and oxygen atoms in total. The Morgan fingerprint density at radius 2 is 1.54 bits per heavy atom. The number of aliphatic carboxylic acids is 1. The molecule has 76 valence electrons. The van der Waals surface area contributed by atoms with E-state index in [2.05, 4.69) is 4.74 Å². The number of aliphatic hydroxyl groups is 4. The van der Waals surface area contributed by atoms with E-state index in [0.29, 0.717) is 0 Å². The lowest BCUT2D eigenvalue weighted by molar-refractivity contribution is -0.279. The van der Waals surface area contributed by atoms with E-state index in [1.54, 1.807) is 0 Å². The Bertz CT molecular complexity index is 205. The summed E-state index contributed by atoms with van der Waals surface area (Å²) < 4.78 is 4.34. The summed E-state index contributed by atoms with van der Waals surface area (Å²) in [7, 11) is 0. The average Bonchev–Trinajstić information content (AvgIpc) is 2.07. The molecule has 0 radical (unpaired) electrons. The second-order valence-electron chi connectivity index (χ2n) is 2.76. The van der Waals surface area contributed by atoms with Crippen LogP contribution < -0.4 is 0 Å². The van der Waals surface area contributed by atoms with E-state index in [0.717, 1.165) is 0 Å². The molecular weight excluding hydrogens is 184 g/mol. The zero-order valence-corrected chi connectivity index (χ0v) is 6.44. The SMILES string of the molecule is O=C(O)C1OC(O)C(O)[C@@H](O)[C@@H]1O. The first-order valence-corrected chi connectivity index (χ1v) is 3.55. The Hall–Kier alpha value is -0.730. The van der Waals surface area contributed by atoms with Crippen LogP contribution in [-0.2, 0) is 9.53 Å². The van der Waals surface area contributed by atoms with Crippen LogP contribution in [0.25, 0.3) is 0 Å². The van der Waals surface area contributed by atoms with Gasteiger partial charge in [0.25, 0.3) is 0 Å². The van der Waals surface area contributed by atoms with E-state index < -0.39 is 36.7 Å². The van der Waals surface area contributed by atoms with Gasteiger partial charge in [0, 0.05) is 0 Å². The molecule has 5 N–H and O–H groups in total. The van der Waals surface area contributed by atoms with Crippen LogP contribution in [-0.4, -0.2) is 62.2 Å². The predicted molar refractivity (Wildman–Crippen MR) is 36.5 cm³/mol. The summed E-state index contributed by atoms with van der Waals surface area (Å²) in [5.41, 5.74) is 0. The molecule has 0 spiro atoms. The summed E-state index contributed by atoms with van der Waals surface area (Å²) >= 11 is 0. The second-order valence-corrected chi connectivity index (χ2v) is 2.76. The third kappa shape index (κ3) is 1.79. The zero-order chi connectivity index (χ0) is 10.2. The van der Waals surface area contributed by atoms with E-state index in [-0.39, 0.29) is 0 Å². The fraction of sp³-hybridized carbons (Fsp3) is 0.833. The van der Waals surface area contributed by atoms with Crippen LogP contribution in [0.4, 0.5) is 0 Å². The first kappa shape index (κ1) is 10.4. The van der Waals surface area contributed by atoms with Gasteiger partial charge in [-0.3, -0.25) is 0 Å². The molecule has 1 rings (SSSR count). The van der Waals surface area contributed by atoms with Gasteiger partial charge in [-0.15, -0.1) is 0 Å². The molecule has 0 aromatic heterocycles. The average molecular weight is 194 g/mol. The monoisotopic (exact) mass is 194 g/mol. The molecule has 3 unspecified atom stereocenters. The molecule has 1 saturated heterocycles. The van der Waals surface area contributed by atoms with E-state index in [1.807, 2.05) is 0 Å². The molecule has 1 aliphatic rings. The summed E-state index contributed by atoms with van der Waals surface area (Å²) in [6.45, 7) is 0. The summed E-state index contributed by atoms with van der Waals surface area (Å²) in [6.07, 6.45) is -8.72. The van der Waals surface area contributed by atoms with Gasteiger partial charge < -0.3 is 30.3 Å². The maximum absolute atomic E-state index is 10.4. The maximum Gasteiger partial charge on any atom is 0.335 e. The molecule has 1 heterocycles. The number of carbonyl (C=O) groups is 1. The summed E-state index contributed by atoms with van der Waals surface area (Å²) in [5.74, 6) is -1.52. The molecule has 0 amide bonds. The van der Waals surface area contributed by atoms with Gasteiger partial charge in [0.1, 0.15) is 18.3 Å². The lowest BCUT2D eigenvalue weighted by Gasteiger charge is -2.36. The van der Waals surface area contributed by atoms with Gasteiger partial charge in [-0.05, 0) is 0 Å². The highest BCUT2D eigenvalue weighted by Gasteiger charge is 2.46. The normalized spacial score (nSPS) is 46.0. The van der Waals surface area contributed by atoms with Crippen molar-refractivity contribution >= 4 is 5.97 Å². The van der Waals surface area contributed by atoms with E-state index >= 15 is 0 Å². The quantitative estimate of drug-likeness (QED) is 0.298. The van der Waals surface area contributed by atoms with Crippen molar-refractivity contribution in [3.8, 4) is 0 Å². The van der Waals surface area contributed by atoms with Crippen LogP contribution in [0, 0.1) is 0 Å². The molecular formula is C6H10O7. The van der Waals surface area contributed by atoms with Crippen LogP contribution in [0.5, 0.6) is 0 Å². The molecule has 7 heteroatoms. The van der Waals surface area contributed by atoms with Gasteiger partial charge in [0.15, 0.2) is 12.4 Å².